The second kappa shape index (κ2) is 5.92. The van der Waals surface area contributed by atoms with Crippen molar-refractivity contribution in [2.75, 3.05) is 13.7 Å². The molecule has 0 aliphatic rings. The summed E-state index contributed by atoms with van der Waals surface area (Å²) < 4.78 is 11.0. The van der Waals surface area contributed by atoms with Gasteiger partial charge in [0.25, 0.3) is 0 Å². The smallest absolute Gasteiger partial charge is 0.405 e. The van der Waals surface area contributed by atoms with Gasteiger partial charge in [0.1, 0.15) is 0 Å². The van der Waals surface area contributed by atoms with Gasteiger partial charge in [0.2, 0.25) is 0 Å². The van der Waals surface area contributed by atoms with Crippen molar-refractivity contribution in [1.29, 1.82) is 0 Å². The lowest BCUT2D eigenvalue weighted by atomic mass is 10.1. The van der Waals surface area contributed by atoms with Crippen molar-refractivity contribution in [2.45, 2.75) is 6.10 Å². The highest BCUT2D eigenvalue weighted by atomic mass is 127. The number of ether oxygens (including phenoxy) is 2. The van der Waals surface area contributed by atoms with E-state index in [1.165, 1.54) is 0 Å². The quantitative estimate of drug-likeness (QED) is 0.864. The van der Waals surface area contributed by atoms with E-state index in [1.54, 1.807) is 7.11 Å². The van der Waals surface area contributed by atoms with Crippen molar-refractivity contribution in [3.8, 4) is 0 Å². The lowest BCUT2D eigenvalue weighted by Gasteiger charge is -2.17. The van der Waals surface area contributed by atoms with Gasteiger partial charge in [-0.05, 0) is 28.7 Å². The number of carbonyl (C=O) groups is 1. The molecule has 15 heavy (non-hydrogen) atoms. The average Bonchev–Trinajstić information content (AvgIpc) is 2.17. The molecule has 1 amide bonds. The average molecular weight is 321 g/mol. The SMILES string of the molecule is COC[C@@H](OC(N)=O)c1ccccc1I. The zero-order valence-electron chi connectivity index (χ0n) is 8.27. The van der Waals surface area contributed by atoms with Crippen molar-refractivity contribution in [1.82, 2.24) is 0 Å². The predicted octanol–water partition coefficient (Wildman–Crippen LogP) is 2.07. The summed E-state index contributed by atoms with van der Waals surface area (Å²) in [5, 5.41) is 0. The number of benzene rings is 1. The van der Waals surface area contributed by atoms with Crippen LogP contribution in [0.15, 0.2) is 24.3 Å². The molecule has 0 fully saturated rings. The fourth-order valence-corrected chi connectivity index (χ4v) is 1.95. The molecule has 2 N–H and O–H groups in total. The summed E-state index contributed by atoms with van der Waals surface area (Å²) in [7, 11) is 1.55. The van der Waals surface area contributed by atoms with E-state index in [1.807, 2.05) is 24.3 Å². The van der Waals surface area contributed by atoms with Crippen LogP contribution in [-0.4, -0.2) is 19.8 Å². The highest BCUT2D eigenvalue weighted by molar-refractivity contribution is 14.1. The first-order valence-electron chi connectivity index (χ1n) is 4.34. The lowest BCUT2D eigenvalue weighted by molar-refractivity contribution is 0.0428. The van der Waals surface area contributed by atoms with Crippen LogP contribution in [-0.2, 0) is 9.47 Å². The molecule has 1 rings (SSSR count). The molecule has 0 unspecified atom stereocenters. The summed E-state index contributed by atoms with van der Waals surface area (Å²) in [6, 6.07) is 7.61. The summed E-state index contributed by atoms with van der Waals surface area (Å²) >= 11 is 2.17. The van der Waals surface area contributed by atoms with Crippen molar-refractivity contribution in [3.05, 3.63) is 33.4 Å². The van der Waals surface area contributed by atoms with Crippen LogP contribution in [0.25, 0.3) is 0 Å². The summed E-state index contributed by atoms with van der Waals surface area (Å²) in [5.74, 6) is 0. The first-order chi connectivity index (χ1) is 7.15. The third kappa shape index (κ3) is 3.67. The van der Waals surface area contributed by atoms with Gasteiger partial charge in [-0.15, -0.1) is 0 Å². The minimum atomic E-state index is -0.795. The Morgan fingerprint density at radius 1 is 1.53 bits per heavy atom. The number of primary amides is 1. The second-order valence-electron chi connectivity index (χ2n) is 2.90. The number of hydrogen-bond acceptors (Lipinski definition) is 3. The number of hydrogen-bond donors (Lipinski definition) is 1. The van der Waals surface area contributed by atoms with Crippen LogP contribution in [0.1, 0.15) is 11.7 Å². The Hall–Kier alpha value is -0.820. The largest absolute Gasteiger partial charge is 0.439 e. The van der Waals surface area contributed by atoms with Gasteiger partial charge >= 0.3 is 6.09 Å². The molecule has 0 saturated heterocycles. The van der Waals surface area contributed by atoms with Crippen molar-refractivity contribution in [3.63, 3.8) is 0 Å². The Kier molecular flexibility index (Phi) is 4.83. The van der Waals surface area contributed by atoms with E-state index in [4.69, 9.17) is 15.2 Å². The van der Waals surface area contributed by atoms with E-state index >= 15 is 0 Å². The molecule has 1 atom stereocenters. The van der Waals surface area contributed by atoms with Gasteiger partial charge in [0, 0.05) is 16.2 Å². The molecule has 0 radical (unpaired) electrons. The van der Waals surface area contributed by atoms with Gasteiger partial charge in [-0.1, -0.05) is 18.2 Å². The third-order valence-corrected chi connectivity index (χ3v) is 2.81. The Bertz CT molecular complexity index is 343. The van der Waals surface area contributed by atoms with E-state index in [9.17, 15) is 4.79 Å². The summed E-state index contributed by atoms with van der Waals surface area (Å²) in [4.78, 5) is 10.7. The van der Waals surface area contributed by atoms with Gasteiger partial charge in [0.05, 0.1) is 6.61 Å². The lowest BCUT2D eigenvalue weighted by Crippen LogP contribution is -2.21. The Balaban J connectivity index is 2.88. The van der Waals surface area contributed by atoms with Crippen LogP contribution in [0.5, 0.6) is 0 Å². The molecule has 1 aromatic carbocycles. The first-order valence-corrected chi connectivity index (χ1v) is 5.42. The molecule has 0 saturated carbocycles. The Labute approximate surface area is 102 Å². The van der Waals surface area contributed by atoms with E-state index < -0.39 is 12.2 Å². The molecule has 0 aromatic heterocycles. The monoisotopic (exact) mass is 321 g/mol. The fraction of sp³-hybridized carbons (Fsp3) is 0.300. The topological polar surface area (TPSA) is 61.6 Å². The Morgan fingerprint density at radius 3 is 2.73 bits per heavy atom. The second-order valence-corrected chi connectivity index (χ2v) is 4.06. The molecule has 0 bridgehead atoms. The highest BCUT2D eigenvalue weighted by Crippen LogP contribution is 2.23. The number of halogens is 1. The van der Waals surface area contributed by atoms with Crippen LogP contribution in [0, 0.1) is 3.57 Å². The number of carbonyl (C=O) groups excluding carboxylic acids is 1. The zero-order valence-corrected chi connectivity index (χ0v) is 10.4. The van der Waals surface area contributed by atoms with Crippen LogP contribution >= 0.6 is 22.6 Å². The van der Waals surface area contributed by atoms with E-state index in [0.717, 1.165) is 9.13 Å². The Morgan fingerprint density at radius 2 is 2.20 bits per heavy atom. The number of amides is 1. The summed E-state index contributed by atoms with van der Waals surface area (Å²) in [5.41, 5.74) is 5.89. The predicted molar refractivity (Wildman–Crippen MR) is 64.4 cm³/mol. The normalized spacial score (nSPS) is 12.1. The molecule has 4 nitrogen and oxygen atoms in total. The van der Waals surface area contributed by atoms with Gasteiger partial charge < -0.3 is 15.2 Å². The minimum Gasteiger partial charge on any atom is -0.439 e. The van der Waals surface area contributed by atoms with E-state index in [2.05, 4.69) is 22.6 Å². The fourth-order valence-electron chi connectivity index (χ4n) is 1.22. The van der Waals surface area contributed by atoms with Gasteiger partial charge in [-0.2, -0.15) is 0 Å². The van der Waals surface area contributed by atoms with Gasteiger partial charge in [-0.25, -0.2) is 4.79 Å². The standard InChI is InChI=1S/C10H12INO3/c1-14-6-9(15-10(12)13)7-4-2-3-5-8(7)11/h2-5,9H,6H2,1H3,(H2,12,13)/t9-/m1/s1. The van der Waals surface area contributed by atoms with Crippen molar-refractivity contribution in [2.24, 2.45) is 5.73 Å². The molecular weight excluding hydrogens is 309 g/mol. The van der Waals surface area contributed by atoms with E-state index in [0.29, 0.717) is 6.61 Å². The van der Waals surface area contributed by atoms with Crippen LogP contribution in [0.3, 0.4) is 0 Å². The number of methoxy groups -OCH3 is 1. The molecule has 1 aromatic rings. The van der Waals surface area contributed by atoms with Crippen LogP contribution in [0.4, 0.5) is 4.79 Å². The maximum atomic E-state index is 10.7. The molecule has 5 heteroatoms. The molecule has 82 valence electrons. The molecule has 0 aliphatic heterocycles. The van der Waals surface area contributed by atoms with Crippen LogP contribution < -0.4 is 5.73 Å². The number of nitrogens with two attached hydrogens (primary N) is 1. The van der Waals surface area contributed by atoms with Crippen LogP contribution in [0.2, 0.25) is 0 Å². The molecular formula is C10H12INO3. The molecule has 0 aliphatic carbocycles. The summed E-state index contributed by atoms with van der Waals surface area (Å²) in [6.45, 7) is 0.295. The number of rotatable bonds is 4. The maximum Gasteiger partial charge on any atom is 0.405 e. The minimum absolute atomic E-state index is 0.295. The van der Waals surface area contributed by atoms with Gasteiger partial charge in [0.15, 0.2) is 6.10 Å². The molecule has 0 spiro atoms. The third-order valence-electron chi connectivity index (χ3n) is 1.83. The van der Waals surface area contributed by atoms with Crippen molar-refractivity contribution < 1.29 is 14.3 Å². The summed E-state index contributed by atoms with van der Waals surface area (Å²) in [6.07, 6.45) is -1.24. The van der Waals surface area contributed by atoms with E-state index in [-0.39, 0.29) is 0 Å². The highest BCUT2D eigenvalue weighted by Gasteiger charge is 2.17. The first kappa shape index (κ1) is 12.3. The van der Waals surface area contributed by atoms with Crippen molar-refractivity contribution >= 4 is 28.7 Å². The maximum absolute atomic E-state index is 10.7. The molecule has 0 heterocycles. The zero-order chi connectivity index (χ0) is 11.3. The van der Waals surface area contributed by atoms with Gasteiger partial charge in [-0.3, -0.25) is 0 Å².